The molecule has 2 rings (SSSR count). The highest BCUT2D eigenvalue weighted by Gasteiger charge is 2.19. The van der Waals surface area contributed by atoms with Gasteiger partial charge in [0.25, 0.3) is 11.4 Å². The first kappa shape index (κ1) is 25.4. The highest BCUT2D eigenvalue weighted by molar-refractivity contribution is 5.94. The summed E-state index contributed by atoms with van der Waals surface area (Å²) in [5, 5.41) is 21.2. The average Bonchev–Trinajstić information content (AvgIpc) is 2.76. The van der Waals surface area contributed by atoms with Crippen LogP contribution >= 0.6 is 0 Å². The Morgan fingerprint density at radius 1 is 0.906 bits per heavy atom. The number of aliphatic imine (C=N–C) groups is 1. The molecule has 32 heavy (non-hydrogen) atoms. The van der Waals surface area contributed by atoms with Gasteiger partial charge in [0.15, 0.2) is 0 Å². The third-order valence-corrected chi connectivity index (χ3v) is 4.20. The van der Waals surface area contributed by atoms with Crippen LogP contribution in [-0.2, 0) is 14.3 Å². The molecule has 0 aliphatic rings. The first-order chi connectivity index (χ1) is 15.0. The van der Waals surface area contributed by atoms with E-state index in [0.29, 0.717) is 11.1 Å². The van der Waals surface area contributed by atoms with Crippen molar-refractivity contribution in [1.29, 1.82) is 0 Å². The van der Waals surface area contributed by atoms with Gasteiger partial charge in [0.05, 0.1) is 40.9 Å². The van der Waals surface area contributed by atoms with Gasteiger partial charge in [-0.15, -0.1) is 0 Å². The number of anilines is 1. The fraction of sp³-hybridized carbons (Fsp3) is 0.211. The predicted octanol–water partition coefficient (Wildman–Crippen LogP) is 2.93. The van der Waals surface area contributed by atoms with Gasteiger partial charge in [-0.2, -0.15) is 4.99 Å². The number of hydrogen-bond acceptors (Lipinski definition) is 11. The van der Waals surface area contributed by atoms with Gasteiger partial charge < -0.3 is 15.2 Å². The Hall–Kier alpha value is -4.64. The fourth-order valence-corrected chi connectivity index (χ4v) is 2.43. The number of esters is 2. The number of nitrogen functional groups attached to an aromatic ring is 1. The van der Waals surface area contributed by atoms with Crippen molar-refractivity contribution < 1.29 is 33.7 Å². The standard InChI is InChI=1S/C10H8N2O5.C9H10N2O4/c1-6-8(10(14)17-2)3-7(12(15)16)4-9(6)11-5-13;1-5-7(9(12)15-2)3-6(11(13)14)4-8(5)10/h3-4H,1-2H3;3-4H,10H2,1-2H3. The van der Waals surface area contributed by atoms with E-state index in [1.54, 1.807) is 6.92 Å². The molecule has 0 radical (unpaired) electrons. The summed E-state index contributed by atoms with van der Waals surface area (Å²) in [6, 6.07) is 4.52. The van der Waals surface area contributed by atoms with Gasteiger partial charge in [-0.25, -0.2) is 14.4 Å². The van der Waals surface area contributed by atoms with E-state index in [9.17, 15) is 34.6 Å². The number of nitrogens with two attached hydrogens (primary N) is 1. The van der Waals surface area contributed by atoms with E-state index in [-0.39, 0.29) is 33.9 Å². The zero-order chi connectivity index (χ0) is 24.6. The molecule has 0 unspecified atom stereocenters. The molecular formula is C19H18N4O9. The Balaban J connectivity index is 0.000000323. The number of non-ortho nitro benzene ring substituents is 2. The van der Waals surface area contributed by atoms with Crippen LogP contribution in [0, 0.1) is 34.1 Å². The van der Waals surface area contributed by atoms with Gasteiger partial charge in [0, 0.05) is 30.0 Å². The summed E-state index contributed by atoms with van der Waals surface area (Å²) in [6.07, 6.45) is 1.28. The fourth-order valence-electron chi connectivity index (χ4n) is 2.43. The number of nitrogens with zero attached hydrogens (tertiary/aromatic N) is 3. The third kappa shape index (κ3) is 5.93. The van der Waals surface area contributed by atoms with Gasteiger partial charge in [-0.3, -0.25) is 20.2 Å². The molecule has 0 amide bonds. The Morgan fingerprint density at radius 2 is 1.34 bits per heavy atom. The van der Waals surface area contributed by atoms with Crippen LogP contribution in [-0.4, -0.2) is 42.1 Å². The summed E-state index contributed by atoms with van der Waals surface area (Å²) in [7, 11) is 2.36. The average molecular weight is 446 g/mol. The van der Waals surface area contributed by atoms with Crippen LogP contribution in [0.3, 0.4) is 0 Å². The molecule has 0 atom stereocenters. The lowest BCUT2D eigenvalue weighted by atomic mass is 10.1. The molecule has 2 aromatic carbocycles. The van der Waals surface area contributed by atoms with Crippen LogP contribution in [0.2, 0.25) is 0 Å². The lowest BCUT2D eigenvalue weighted by molar-refractivity contribution is -0.385. The topological polar surface area (TPSA) is 194 Å². The van der Waals surface area contributed by atoms with Crippen molar-refractivity contribution >= 4 is 40.8 Å². The highest BCUT2D eigenvalue weighted by atomic mass is 16.6. The van der Waals surface area contributed by atoms with Gasteiger partial charge in [0.2, 0.25) is 6.08 Å². The van der Waals surface area contributed by atoms with Crippen molar-refractivity contribution in [2.24, 2.45) is 4.99 Å². The summed E-state index contributed by atoms with van der Waals surface area (Å²) in [6.45, 7) is 3.11. The molecule has 0 fully saturated rings. The lowest BCUT2D eigenvalue weighted by Gasteiger charge is -2.06. The molecule has 0 heterocycles. The summed E-state index contributed by atoms with van der Waals surface area (Å²) in [5.74, 6) is -1.36. The van der Waals surface area contributed by atoms with E-state index in [2.05, 4.69) is 14.5 Å². The highest BCUT2D eigenvalue weighted by Crippen LogP contribution is 2.28. The molecule has 0 bridgehead atoms. The van der Waals surface area contributed by atoms with Crippen molar-refractivity contribution in [1.82, 2.24) is 0 Å². The summed E-state index contributed by atoms with van der Waals surface area (Å²) in [5.41, 5.74) is 6.11. The minimum Gasteiger partial charge on any atom is -0.465 e. The van der Waals surface area contributed by atoms with Gasteiger partial charge >= 0.3 is 11.9 Å². The second-order valence-corrected chi connectivity index (χ2v) is 6.05. The van der Waals surface area contributed by atoms with Crippen molar-refractivity contribution in [3.05, 3.63) is 66.7 Å². The molecule has 0 aromatic heterocycles. The van der Waals surface area contributed by atoms with E-state index in [4.69, 9.17) is 5.73 Å². The zero-order valence-corrected chi connectivity index (χ0v) is 17.4. The van der Waals surface area contributed by atoms with Crippen LogP contribution in [0.15, 0.2) is 29.3 Å². The predicted molar refractivity (Wildman–Crippen MR) is 111 cm³/mol. The number of hydrogen-bond donors (Lipinski definition) is 1. The normalized spacial score (nSPS) is 9.50. The van der Waals surface area contributed by atoms with Crippen molar-refractivity contribution in [3.63, 3.8) is 0 Å². The molecule has 0 aliphatic carbocycles. The Bertz CT molecular complexity index is 1140. The van der Waals surface area contributed by atoms with E-state index < -0.39 is 21.8 Å². The number of nitro groups is 2. The minimum atomic E-state index is -0.728. The van der Waals surface area contributed by atoms with E-state index >= 15 is 0 Å². The smallest absolute Gasteiger partial charge is 0.338 e. The third-order valence-electron chi connectivity index (χ3n) is 4.20. The number of carbonyl (C=O) groups is 2. The van der Waals surface area contributed by atoms with Gasteiger partial charge in [-0.1, -0.05) is 0 Å². The Labute approximate surface area is 180 Å². The molecule has 13 nitrogen and oxygen atoms in total. The van der Waals surface area contributed by atoms with Crippen molar-refractivity contribution in [2.75, 3.05) is 20.0 Å². The molecule has 168 valence electrons. The molecule has 13 heteroatoms. The lowest BCUT2D eigenvalue weighted by Crippen LogP contribution is -2.07. The maximum Gasteiger partial charge on any atom is 0.338 e. The Kier molecular flexibility index (Phi) is 8.68. The summed E-state index contributed by atoms with van der Waals surface area (Å²) < 4.78 is 8.97. The number of methoxy groups -OCH3 is 2. The first-order valence-corrected chi connectivity index (χ1v) is 8.56. The summed E-state index contributed by atoms with van der Waals surface area (Å²) in [4.78, 5) is 56.0. The second kappa shape index (κ2) is 10.9. The van der Waals surface area contributed by atoms with Crippen LogP contribution in [0.4, 0.5) is 22.7 Å². The largest absolute Gasteiger partial charge is 0.465 e. The molecule has 0 saturated heterocycles. The molecule has 0 spiro atoms. The summed E-state index contributed by atoms with van der Waals surface area (Å²) >= 11 is 0. The maximum absolute atomic E-state index is 11.4. The van der Waals surface area contributed by atoms with E-state index in [0.717, 1.165) is 25.3 Å². The zero-order valence-electron chi connectivity index (χ0n) is 17.4. The number of ether oxygens (including phenoxy) is 2. The van der Waals surface area contributed by atoms with E-state index in [1.165, 1.54) is 26.2 Å². The molecule has 2 aromatic rings. The number of carbonyl (C=O) groups excluding carboxylic acids is 3. The number of benzene rings is 2. The quantitative estimate of drug-likeness (QED) is 0.178. The molecule has 2 N–H and O–H groups in total. The van der Waals surface area contributed by atoms with Crippen LogP contribution in [0.25, 0.3) is 0 Å². The van der Waals surface area contributed by atoms with Gasteiger partial charge in [0.1, 0.15) is 0 Å². The van der Waals surface area contributed by atoms with Crippen LogP contribution in [0.5, 0.6) is 0 Å². The molecular weight excluding hydrogens is 428 g/mol. The van der Waals surface area contributed by atoms with E-state index in [1.807, 2.05) is 0 Å². The van der Waals surface area contributed by atoms with Gasteiger partial charge in [-0.05, 0) is 25.0 Å². The van der Waals surface area contributed by atoms with Crippen LogP contribution in [0.1, 0.15) is 31.8 Å². The first-order valence-electron chi connectivity index (χ1n) is 8.56. The monoisotopic (exact) mass is 446 g/mol. The second-order valence-electron chi connectivity index (χ2n) is 6.05. The SMILES string of the molecule is COC(=O)c1cc([N+](=O)[O-])cc(N)c1C.COC(=O)c1cc([N+](=O)[O-])cc(N=C=O)c1C. The minimum absolute atomic E-state index is 0.00398. The Morgan fingerprint density at radius 3 is 1.75 bits per heavy atom. The number of nitro benzene ring substituents is 2. The van der Waals surface area contributed by atoms with Crippen LogP contribution < -0.4 is 5.73 Å². The van der Waals surface area contributed by atoms with Crippen molar-refractivity contribution in [3.8, 4) is 0 Å². The molecule has 0 aliphatic heterocycles. The number of rotatable bonds is 5. The maximum atomic E-state index is 11.4. The van der Waals surface area contributed by atoms with Crippen molar-refractivity contribution in [2.45, 2.75) is 13.8 Å². The molecule has 0 saturated carbocycles. The number of isocyanates is 1.